The number of rotatable bonds is 1. The van der Waals surface area contributed by atoms with Gasteiger partial charge in [-0.1, -0.05) is 11.6 Å². The van der Waals surface area contributed by atoms with Gasteiger partial charge in [0.1, 0.15) is 5.78 Å². The summed E-state index contributed by atoms with van der Waals surface area (Å²) in [4.78, 5) is 24.3. The van der Waals surface area contributed by atoms with Gasteiger partial charge in [0, 0.05) is 23.1 Å². The molecule has 0 aliphatic carbocycles. The first-order valence-corrected chi connectivity index (χ1v) is 6.02. The summed E-state index contributed by atoms with van der Waals surface area (Å²) in [6.07, 6.45) is 0.410. The van der Waals surface area contributed by atoms with Crippen molar-refractivity contribution in [2.24, 2.45) is 0 Å². The molecular formula is C11H9BrClNO2. The van der Waals surface area contributed by atoms with Crippen molar-refractivity contribution in [2.45, 2.75) is 12.8 Å². The third kappa shape index (κ3) is 2.28. The van der Waals surface area contributed by atoms with Gasteiger partial charge in [0.05, 0.1) is 11.4 Å². The third-order valence-corrected chi connectivity index (χ3v) is 3.71. The van der Waals surface area contributed by atoms with Crippen LogP contribution < -0.4 is 4.90 Å². The van der Waals surface area contributed by atoms with Gasteiger partial charge >= 0.3 is 0 Å². The molecule has 2 rings (SSSR count). The van der Waals surface area contributed by atoms with Crippen LogP contribution in [0.1, 0.15) is 12.8 Å². The van der Waals surface area contributed by atoms with Crippen LogP contribution in [0.25, 0.3) is 0 Å². The Bertz CT molecular complexity index is 461. The summed E-state index contributed by atoms with van der Waals surface area (Å²) >= 11 is 9.25. The molecule has 0 unspecified atom stereocenters. The number of Topliss-reactive ketones (excluding diaryl/α,β-unsaturated/α-hetero) is 1. The van der Waals surface area contributed by atoms with Gasteiger partial charge in [-0.15, -0.1) is 0 Å². The zero-order chi connectivity index (χ0) is 11.7. The molecule has 3 nitrogen and oxygen atoms in total. The number of halogens is 2. The van der Waals surface area contributed by atoms with Crippen LogP contribution in [0.3, 0.4) is 0 Å². The molecule has 0 atom stereocenters. The zero-order valence-corrected chi connectivity index (χ0v) is 10.7. The average Bonchev–Trinajstić information content (AvgIpc) is 2.22. The lowest BCUT2D eigenvalue weighted by Gasteiger charge is -2.26. The van der Waals surface area contributed by atoms with E-state index in [0.29, 0.717) is 18.0 Å². The van der Waals surface area contributed by atoms with E-state index < -0.39 is 0 Å². The van der Waals surface area contributed by atoms with Crippen molar-refractivity contribution in [3.63, 3.8) is 0 Å². The van der Waals surface area contributed by atoms with Crippen molar-refractivity contribution >= 4 is 44.9 Å². The molecule has 1 aromatic rings. The van der Waals surface area contributed by atoms with E-state index in [2.05, 4.69) is 15.9 Å². The first kappa shape index (κ1) is 11.6. The third-order valence-electron chi connectivity index (χ3n) is 2.48. The SMILES string of the molecule is O=C1CCN(c2ccc(Br)c(Cl)c2)C(=O)C1. The van der Waals surface area contributed by atoms with Crippen LogP contribution in [0.2, 0.25) is 5.02 Å². The van der Waals surface area contributed by atoms with E-state index in [1.807, 2.05) is 6.07 Å². The molecule has 1 heterocycles. The summed E-state index contributed by atoms with van der Waals surface area (Å²) in [6, 6.07) is 5.32. The number of amides is 1. The normalized spacial score (nSPS) is 16.8. The van der Waals surface area contributed by atoms with Gasteiger partial charge in [-0.3, -0.25) is 9.59 Å². The lowest BCUT2D eigenvalue weighted by atomic mass is 10.1. The van der Waals surface area contributed by atoms with Crippen molar-refractivity contribution in [3.8, 4) is 0 Å². The number of ketones is 1. The highest BCUT2D eigenvalue weighted by Gasteiger charge is 2.24. The van der Waals surface area contributed by atoms with Gasteiger partial charge in [-0.2, -0.15) is 0 Å². The van der Waals surface area contributed by atoms with Gasteiger partial charge < -0.3 is 4.90 Å². The summed E-state index contributed by atoms with van der Waals surface area (Å²) in [5, 5.41) is 0.558. The molecule has 0 N–H and O–H groups in total. The fourth-order valence-corrected chi connectivity index (χ4v) is 2.06. The van der Waals surface area contributed by atoms with Crippen molar-refractivity contribution < 1.29 is 9.59 Å². The molecule has 16 heavy (non-hydrogen) atoms. The van der Waals surface area contributed by atoms with Crippen molar-refractivity contribution in [3.05, 3.63) is 27.7 Å². The Balaban J connectivity index is 2.27. The quantitative estimate of drug-likeness (QED) is 0.748. The van der Waals surface area contributed by atoms with Gasteiger partial charge in [-0.25, -0.2) is 0 Å². The van der Waals surface area contributed by atoms with E-state index in [-0.39, 0.29) is 18.1 Å². The predicted octanol–water partition coefficient (Wildman–Crippen LogP) is 2.80. The number of piperidine rings is 1. The van der Waals surface area contributed by atoms with Crippen molar-refractivity contribution in [2.75, 3.05) is 11.4 Å². The number of hydrogen-bond donors (Lipinski definition) is 0. The Kier molecular flexibility index (Phi) is 3.30. The smallest absolute Gasteiger partial charge is 0.234 e. The molecule has 1 amide bonds. The molecule has 1 aromatic carbocycles. The van der Waals surface area contributed by atoms with Gasteiger partial charge in [0.25, 0.3) is 0 Å². The maximum atomic E-state index is 11.7. The molecule has 1 aliphatic rings. The Hall–Kier alpha value is -0.870. The van der Waals surface area contributed by atoms with Crippen LogP contribution in [0, 0.1) is 0 Å². The summed E-state index contributed by atoms with van der Waals surface area (Å²) in [6.45, 7) is 0.440. The topological polar surface area (TPSA) is 37.4 Å². The minimum absolute atomic E-state index is 0.00413. The molecule has 1 aliphatic heterocycles. The van der Waals surface area contributed by atoms with E-state index in [1.165, 1.54) is 0 Å². The second-order valence-electron chi connectivity index (χ2n) is 3.61. The minimum atomic E-state index is -0.158. The average molecular weight is 303 g/mol. The second-order valence-corrected chi connectivity index (χ2v) is 4.87. The molecular weight excluding hydrogens is 293 g/mol. The number of carbonyl (C=O) groups excluding carboxylic acids is 2. The molecule has 0 aromatic heterocycles. The minimum Gasteiger partial charge on any atom is -0.312 e. The molecule has 84 valence electrons. The zero-order valence-electron chi connectivity index (χ0n) is 8.37. The molecule has 5 heteroatoms. The Morgan fingerprint density at radius 1 is 1.31 bits per heavy atom. The summed E-state index contributed by atoms with van der Waals surface area (Å²) in [5.41, 5.74) is 0.741. The lowest BCUT2D eigenvalue weighted by molar-refractivity contribution is -0.128. The summed E-state index contributed by atoms with van der Waals surface area (Å²) in [5.74, 6) is -0.154. The van der Waals surface area contributed by atoms with Gasteiger partial charge in [0.15, 0.2) is 0 Å². The highest BCUT2D eigenvalue weighted by molar-refractivity contribution is 9.10. The number of carbonyl (C=O) groups is 2. The van der Waals surface area contributed by atoms with Crippen LogP contribution in [0.5, 0.6) is 0 Å². The standard InChI is InChI=1S/C11H9BrClNO2/c12-9-2-1-7(5-10(9)13)14-4-3-8(15)6-11(14)16/h1-2,5H,3-4,6H2. The number of nitrogens with zero attached hydrogens (tertiary/aromatic N) is 1. The first-order chi connectivity index (χ1) is 7.58. The highest BCUT2D eigenvalue weighted by atomic mass is 79.9. The van der Waals surface area contributed by atoms with E-state index in [4.69, 9.17) is 11.6 Å². The lowest BCUT2D eigenvalue weighted by Crippen LogP contribution is -2.39. The summed E-state index contributed by atoms with van der Waals surface area (Å²) in [7, 11) is 0. The van der Waals surface area contributed by atoms with Crippen LogP contribution in [-0.2, 0) is 9.59 Å². The fraction of sp³-hybridized carbons (Fsp3) is 0.273. The summed E-state index contributed by atoms with van der Waals surface area (Å²) < 4.78 is 0.790. The maximum Gasteiger partial charge on any atom is 0.234 e. The first-order valence-electron chi connectivity index (χ1n) is 4.85. The Labute approximate surface area is 107 Å². The number of hydrogen-bond acceptors (Lipinski definition) is 2. The molecule has 0 saturated carbocycles. The van der Waals surface area contributed by atoms with Crippen LogP contribution in [0.15, 0.2) is 22.7 Å². The van der Waals surface area contributed by atoms with Crippen LogP contribution in [0.4, 0.5) is 5.69 Å². The number of anilines is 1. The molecule has 1 saturated heterocycles. The molecule has 0 radical (unpaired) electrons. The monoisotopic (exact) mass is 301 g/mol. The van der Waals surface area contributed by atoms with E-state index >= 15 is 0 Å². The van der Waals surface area contributed by atoms with Crippen molar-refractivity contribution in [1.82, 2.24) is 0 Å². The number of benzene rings is 1. The molecule has 0 spiro atoms. The predicted molar refractivity (Wildman–Crippen MR) is 65.7 cm³/mol. The second kappa shape index (κ2) is 4.55. The fourth-order valence-electron chi connectivity index (χ4n) is 1.64. The Morgan fingerprint density at radius 3 is 2.69 bits per heavy atom. The molecule has 0 bridgehead atoms. The van der Waals surface area contributed by atoms with E-state index in [1.54, 1.807) is 17.0 Å². The van der Waals surface area contributed by atoms with Crippen molar-refractivity contribution in [1.29, 1.82) is 0 Å². The van der Waals surface area contributed by atoms with Gasteiger partial charge in [-0.05, 0) is 34.1 Å². The largest absolute Gasteiger partial charge is 0.312 e. The highest BCUT2D eigenvalue weighted by Crippen LogP contribution is 2.28. The van der Waals surface area contributed by atoms with Gasteiger partial charge in [0.2, 0.25) is 5.91 Å². The Morgan fingerprint density at radius 2 is 2.06 bits per heavy atom. The van der Waals surface area contributed by atoms with Crippen LogP contribution in [-0.4, -0.2) is 18.2 Å². The maximum absolute atomic E-state index is 11.7. The van der Waals surface area contributed by atoms with E-state index in [9.17, 15) is 9.59 Å². The molecule has 1 fully saturated rings. The van der Waals surface area contributed by atoms with Crippen LogP contribution >= 0.6 is 27.5 Å². The van der Waals surface area contributed by atoms with E-state index in [0.717, 1.165) is 10.2 Å².